The highest BCUT2D eigenvalue weighted by molar-refractivity contribution is 7.87. The molecule has 0 heterocycles. The number of hydrogen-bond acceptors (Lipinski definition) is 6. The normalized spacial score (nSPS) is 12.7. The van der Waals surface area contributed by atoms with E-state index >= 15 is 0 Å². The average Bonchev–Trinajstić information content (AvgIpc) is 2.28. The van der Waals surface area contributed by atoms with Crippen molar-refractivity contribution in [3.05, 3.63) is 0 Å². The molecule has 0 aliphatic carbocycles. The minimum Gasteiger partial charge on any atom is -0.240 e. The lowest BCUT2D eigenvalue weighted by atomic mass is 10.3. The summed E-state index contributed by atoms with van der Waals surface area (Å²) in [4.78, 5) is 0. The van der Waals surface area contributed by atoms with Crippen LogP contribution < -0.4 is 0 Å². The molecular formula is C11H24O6S2. The zero-order valence-electron chi connectivity index (χ0n) is 11.6. The lowest BCUT2D eigenvalue weighted by Crippen LogP contribution is -2.17. The zero-order chi connectivity index (χ0) is 14.8. The topological polar surface area (TPSA) is 86.7 Å². The first kappa shape index (κ1) is 18.8. The highest BCUT2D eigenvalue weighted by Gasteiger charge is 2.15. The molecule has 0 aromatic carbocycles. The Labute approximate surface area is 116 Å². The van der Waals surface area contributed by atoms with Gasteiger partial charge >= 0.3 is 0 Å². The van der Waals surface area contributed by atoms with Crippen molar-refractivity contribution in [3.63, 3.8) is 0 Å². The second-order valence-corrected chi connectivity index (χ2v) is 7.81. The summed E-state index contributed by atoms with van der Waals surface area (Å²) in [5.74, 6) is -0.222. The molecule has 0 saturated carbocycles. The maximum absolute atomic E-state index is 11.4. The van der Waals surface area contributed by atoms with E-state index < -0.39 is 27.0 Å². The standard InChI is InChI=1S/C11H24O6S2/c1-3-5-7-9-18(12,13)16-11-17-19(14,15)10-8-6-4-2/h3-11H2,1-2H3. The van der Waals surface area contributed by atoms with Gasteiger partial charge in [-0.15, -0.1) is 0 Å². The van der Waals surface area contributed by atoms with Gasteiger partial charge in [-0.05, 0) is 12.8 Å². The average molecular weight is 316 g/mol. The summed E-state index contributed by atoms with van der Waals surface area (Å²) in [6, 6.07) is 0. The van der Waals surface area contributed by atoms with Crippen LogP contribution in [0, 0.1) is 0 Å². The summed E-state index contributed by atoms with van der Waals surface area (Å²) in [5, 5.41) is 0. The van der Waals surface area contributed by atoms with Gasteiger partial charge in [0.15, 0.2) is 6.79 Å². The summed E-state index contributed by atoms with van der Waals surface area (Å²) in [5.41, 5.74) is 0. The second kappa shape index (κ2) is 9.68. The second-order valence-electron chi connectivity index (χ2n) is 4.29. The van der Waals surface area contributed by atoms with Crippen LogP contribution in [0.15, 0.2) is 0 Å². The van der Waals surface area contributed by atoms with E-state index in [9.17, 15) is 16.8 Å². The molecule has 6 nitrogen and oxygen atoms in total. The van der Waals surface area contributed by atoms with Crippen molar-refractivity contribution in [2.24, 2.45) is 0 Å². The monoisotopic (exact) mass is 316 g/mol. The predicted octanol–water partition coefficient (Wildman–Crippen LogP) is 2.02. The van der Waals surface area contributed by atoms with Crippen molar-refractivity contribution < 1.29 is 25.2 Å². The van der Waals surface area contributed by atoms with Crippen LogP contribution in [-0.2, 0) is 28.6 Å². The number of unbranched alkanes of at least 4 members (excludes halogenated alkanes) is 4. The lowest BCUT2D eigenvalue weighted by Gasteiger charge is -2.06. The molecule has 0 aromatic heterocycles. The van der Waals surface area contributed by atoms with Gasteiger partial charge in [-0.2, -0.15) is 16.8 Å². The van der Waals surface area contributed by atoms with Crippen LogP contribution in [-0.4, -0.2) is 35.1 Å². The van der Waals surface area contributed by atoms with E-state index in [4.69, 9.17) is 0 Å². The molecule has 0 aliphatic heterocycles. The van der Waals surface area contributed by atoms with E-state index in [0.29, 0.717) is 12.8 Å². The van der Waals surface area contributed by atoms with Gasteiger partial charge in [-0.3, -0.25) is 0 Å². The molecule has 0 aliphatic rings. The first-order chi connectivity index (χ1) is 8.83. The maximum atomic E-state index is 11.4. The lowest BCUT2D eigenvalue weighted by molar-refractivity contribution is 0.132. The Bertz CT molecular complexity index is 372. The van der Waals surface area contributed by atoms with Crippen LogP contribution in [0.1, 0.15) is 52.4 Å². The molecule has 0 saturated heterocycles. The minimum absolute atomic E-state index is 0.111. The van der Waals surface area contributed by atoms with E-state index in [1.54, 1.807) is 0 Å². The Morgan fingerprint density at radius 1 is 0.684 bits per heavy atom. The molecule has 116 valence electrons. The van der Waals surface area contributed by atoms with Crippen molar-refractivity contribution in [1.29, 1.82) is 0 Å². The fraction of sp³-hybridized carbons (Fsp3) is 1.00. The maximum Gasteiger partial charge on any atom is 0.269 e. The number of rotatable bonds is 12. The third-order valence-electron chi connectivity index (χ3n) is 2.45. The van der Waals surface area contributed by atoms with E-state index in [1.165, 1.54) is 0 Å². The minimum atomic E-state index is -3.69. The van der Waals surface area contributed by atoms with Gasteiger partial charge in [0.05, 0.1) is 11.5 Å². The summed E-state index contributed by atoms with van der Waals surface area (Å²) >= 11 is 0. The van der Waals surface area contributed by atoms with Gasteiger partial charge in [0.1, 0.15) is 0 Å². The van der Waals surface area contributed by atoms with Crippen molar-refractivity contribution in [2.75, 3.05) is 18.3 Å². The fourth-order valence-electron chi connectivity index (χ4n) is 1.34. The van der Waals surface area contributed by atoms with E-state index in [1.807, 2.05) is 13.8 Å². The molecular weight excluding hydrogens is 292 g/mol. The van der Waals surface area contributed by atoms with Crippen molar-refractivity contribution in [2.45, 2.75) is 52.4 Å². The van der Waals surface area contributed by atoms with Crippen LogP contribution in [0.4, 0.5) is 0 Å². The molecule has 0 amide bonds. The smallest absolute Gasteiger partial charge is 0.240 e. The van der Waals surface area contributed by atoms with Crippen molar-refractivity contribution >= 4 is 20.2 Å². The van der Waals surface area contributed by atoms with Crippen LogP contribution in [0.25, 0.3) is 0 Å². The van der Waals surface area contributed by atoms with E-state index in [-0.39, 0.29) is 11.5 Å². The molecule has 0 N–H and O–H groups in total. The van der Waals surface area contributed by atoms with E-state index in [2.05, 4.69) is 8.37 Å². The third kappa shape index (κ3) is 11.4. The molecule has 0 bridgehead atoms. The third-order valence-corrected chi connectivity index (χ3v) is 4.94. The molecule has 0 atom stereocenters. The van der Waals surface area contributed by atoms with Crippen molar-refractivity contribution in [1.82, 2.24) is 0 Å². The SMILES string of the molecule is CCCCCS(=O)(=O)OCOS(=O)(=O)CCCCC. The van der Waals surface area contributed by atoms with Gasteiger partial charge in [0.2, 0.25) is 0 Å². The van der Waals surface area contributed by atoms with E-state index in [0.717, 1.165) is 25.7 Å². The summed E-state index contributed by atoms with van der Waals surface area (Å²) in [7, 11) is -7.38. The van der Waals surface area contributed by atoms with Gasteiger partial charge in [0, 0.05) is 0 Å². The van der Waals surface area contributed by atoms with Crippen LogP contribution in [0.3, 0.4) is 0 Å². The molecule has 0 radical (unpaired) electrons. The molecule has 0 fully saturated rings. The van der Waals surface area contributed by atoms with Gasteiger partial charge in [-0.1, -0.05) is 39.5 Å². The number of hydrogen-bond donors (Lipinski definition) is 0. The Kier molecular flexibility index (Phi) is 9.59. The molecule has 0 rings (SSSR count). The molecule has 8 heteroatoms. The fourth-order valence-corrected chi connectivity index (χ4v) is 3.14. The van der Waals surface area contributed by atoms with Gasteiger partial charge < -0.3 is 0 Å². The van der Waals surface area contributed by atoms with Crippen LogP contribution >= 0.6 is 0 Å². The molecule has 0 aromatic rings. The largest absolute Gasteiger partial charge is 0.269 e. The van der Waals surface area contributed by atoms with Gasteiger partial charge in [0.25, 0.3) is 20.2 Å². The first-order valence-corrected chi connectivity index (χ1v) is 9.72. The predicted molar refractivity (Wildman–Crippen MR) is 73.7 cm³/mol. The molecule has 0 unspecified atom stereocenters. The quantitative estimate of drug-likeness (QED) is 0.311. The summed E-state index contributed by atoms with van der Waals surface area (Å²) in [6.45, 7) is 3.15. The van der Waals surface area contributed by atoms with Gasteiger partial charge in [-0.25, -0.2) is 8.37 Å². The Morgan fingerprint density at radius 2 is 1.05 bits per heavy atom. The molecule has 0 spiro atoms. The Hall–Kier alpha value is -0.180. The molecule has 19 heavy (non-hydrogen) atoms. The zero-order valence-corrected chi connectivity index (χ0v) is 13.3. The van der Waals surface area contributed by atoms with Crippen molar-refractivity contribution in [3.8, 4) is 0 Å². The first-order valence-electron chi connectivity index (χ1n) is 6.57. The Balaban J connectivity index is 3.94. The Morgan fingerprint density at radius 3 is 1.37 bits per heavy atom. The summed E-state index contributed by atoms with van der Waals surface area (Å²) in [6.07, 6.45) is 4.39. The highest BCUT2D eigenvalue weighted by atomic mass is 32.2. The van der Waals surface area contributed by atoms with Crippen LogP contribution in [0.5, 0.6) is 0 Å². The highest BCUT2D eigenvalue weighted by Crippen LogP contribution is 2.05. The van der Waals surface area contributed by atoms with Crippen LogP contribution in [0.2, 0.25) is 0 Å². The summed E-state index contributed by atoms with van der Waals surface area (Å²) < 4.78 is 54.4.